The Labute approximate surface area is 167 Å². The predicted molar refractivity (Wildman–Crippen MR) is 111 cm³/mol. The summed E-state index contributed by atoms with van der Waals surface area (Å²) in [6, 6.07) is 8.57. The SMILES string of the molecule is CC(CN(C)C)Oc1cccc(NC(=O)Nc2csc(-c3ccncc3)n2)n1. The number of anilines is 2. The Hall–Kier alpha value is -3.04. The van der Waals surface area contributed by atoms with Crippen LogP contribution in [0.4, 0.5) is 16.4 Å². The second kappa shape index (κ2) is 9.25. The number of aromatic nitrogens is 3. The van der Waals surface area contributed by atoms with Gasteiger partial charge in [0.1, 0.15) is 22.7 Å². The van der Waals surface area contributed by atoms with Crippen LogP contribution in [0.2, 0.25) is 0 Å². The summed E-state index contributed by atoms with van der Waals surface area (Å²) in [6.07, 6.45) is 3.39. The highest BCUT2D eigenvalue weighted by molar-refractivity contribution is 7.13. The molecule has 1 unspecified atom stereocenters. The summed E-state index contributed by atoms with van der Waals surface area (Å²) in [4.78, 5) is 27.0. The van der Waals surface area contributed by atoms with E-state index in [0.29, 0.717) is 17.5 Å². The number of hydrogen-bond acceptors (Lipinski definition) is 7. The van der Waals surface area contributed by atoms with Gasteiger partial charge in [-0.25, -0.2) is 9.78 Å². The number of rotatable bonds is 7. The molecule has 3 aromatic rings. The molecule has 0 aliphatic heterocycles. The molecule has 3 heterocycles. The van der Waals surface area contributed by atoms with Crippen LogP contribution in [-0.4, -0.2) is 52.6 Å². The van der Waals surface area contributed by atoms with Crippen LogP contribution in [0.25, 0.3) is 10.6 Å². The van der Waals surface area contributed by atoms with Crippen LogP contribution >= 0.6 is 11.3 Å². The van der Waals surface area contributed by atoms with Crippen molar-refractivity contribution in [2.24, 2.45) is 0 Å². The molecule has 0 bridgehead atoms. The lowest BCUT2D eigenvalue weighted by molar-refractivity contribution is 0.171. The quantitative estimate of drug-likeness (QED) is 0.632. The van der Waals surface area contributed by atoms with E-state index < -0.39 is 6.03 Å². The van der Waals surface area contributed by atoms with Gasteiger partial charge in [-0.15, -0.1) is 11.3 Å². The zero-order chi connectivity index (χ0) is 19.9. The van der Waals surface area contributed by atoms with Gasteiger partial charge in [0.05, 0.1) is 0 Å². The van der Waals surface area contributed by atoms with Crippen LogP contribution < -0.4 is 15.4 Å². The fourth-order valence-electron chi connectivity index (χ4n) is 2.53. The summed E-state index contributed by atoms with van der Waals surface area (Å²) in [6.45, 7) is 2.74. The minimum Gasteiger partial charge on any atom is -0.473 e. The van der Waals surface area contributed by atoms with Gasteiger partial charge >= 0.3 is 6.03 Å². The van der Waals surface area contributed by atoms with Gasteiger partial charge < -0.3 is 9.64 Å². The molecular formula is C19H22N6O2S. The lowest BCUT2D eigenvalue weighted by Crippen LogP contribution is -2.28. The molecule has 146 valence electrons. The normalized spacial score (nSPS) is 11.9. The molecule has 0 fully saturated rings. The molecule has 0 spiro atoms. The van der Waals surface area contributed by atoms with Gasteiger partial charge in [-0.3, -0.25) is 15.6 Å². The Balaban J connectivity index is 1.58. The van der Waals surface area contributed by atoms with E-state index in [-0.39, 0.29) is 6.10 Å². The summed E-state index contributed by atoms with van der Waals surface area (Å²) in [5, 5.41) is 8.00. The first-order valence-electron chi connectivity index (χ1n) is 8.72. The second-order valence-corrected chi connectivity index (χ2v) is 7.26. The third-order valence-corrected chi connectivity index (χ3v) is 4.47. The topological polar surface area (TPSA) is 92.3 Å². The van der Waals surface area contributed by atoms with E-state index in [1.807, 2.05) is 38.1 Å². The van der Waals surface area contributed by atoms with Crippen molar-refractivity contribution in [3.8, 4) is 16.5 Å². The number of carbonyl (C=O) groups is 1. The van der Waals surface area contributed by atoms with Crippen LogP contribution in [0.15, 0.2) is 48.1 Å². The number of hydrogen-bond donors (Lipinski definition) is 2. The average Bonchev–Trinajstić information content (AvgIpc) is 3.10. The Morgan fingerprint density at radius 3 is 2.64 bits per heavy atom. The number of amides is 2. The maximum atomic E-state index is 12.3. The summed E-state index contributed by atoms with van der Waals surface area (Å²) in [5.41, 5.74) is 0.951. The molecule has 3 aromatic heterocycles. The molecule has 8 nitrogen and oxygen atoms in total. The maximum absolute atomic E-state index is 12.3. The lowest BCUT2D eigenvalue weighted by atomic mass is 10.3. The molecule has 9 heteroatoms. The van der Waals surface area contributed by atoms with Gasteiger partial charge in [-0.05, 0) is 39.2 Å². The molecule has 0 aromatic carbocycles. The van der Waals surface area contributed by atoms with E-state index in [2.05, 4.69) is 25.6 Å². The molecule has 2 N–H and O–H groups in total. The third-order valence-electron chi connectivity index (χ3n) is 3.58. The number of pyridine rings is 2. The van der Waals surface area contributed by atoms with Crippen LogP contribution in [0.1, 0.15) is 6.92 Å². The monoisotopic (exact) mass is 398 g/mol. The van der Waals surface area contributed by atoms with Crippen molar-refractivity contribution in [2.75, 3.05) is 31.3 Å². The molecule has 0 aliphatic rings. The highest BCUT2D eigenvalue weighted by Gasteiger charge is 2.10. The van der Waals surface area contributed by atoms with Crippen LogP contribution in [0.5, 0.6) is 5.88 Å². The fourth-order valence-corrected chi connectivity index (χ4v) is 3.29. The van der Waals surface area contributed by atoms with Gasteiger partial charge in [0.15, 0.2) is 0 Å². The van der Waals surface area contributed by atoms with Crippen molar-refractivity contribution in [1.29, 1.82) is 0 Å². The third kappa shape index (κ3) is 5.73. The van der Waals surface area contributed by atoms with E-state index in [0.717, 1.165) is 17.1 Å². The van der Waals surface area contributed by atoms with Crippen LogP contribution in [0, 0.1) is 0 Å². The Kier molecular flexibility index (Phi) is 6.51. The Morgan fingerprint density at radius 1 is 1.14 bits per heavy atom. The van der Waals surface area contributed by atoms with Crippen molar-refractivity contribution in [2.45, 2.75) is 13.0 Å². The van der Waals surface area contributed by atoms with Crippen molar-refractivity contribution in [3.63, 3.8) is 0 Å². The number of nitrogens with one attached hydrogen (secondary N) is 2. The van der Waals surface area contributed by atoms with Gasteiger partial charge in [-0.2, -0.15) is 4.98 Å². The van der Waals surface area contributed by atoms with E-state index >= 15 is 0 Å². The zero-order valence-corrected chi connectivity index (χ0v) is 16.7. The van der Waals surface area contributed by atoms with E-state index in [9.17, 15) is 4.79 Å². The molecule has 0 saturated carbocycles. The maximum Gasteiger partial charge on any atom is 0.326 e. The Bertz CT molecular complexity index is 916. The van der Waals surface area contributed by atoms with E-state index in [1.165, 1.54) is 11.3 Å². The molecular weight excluding hydrogens is 376 g/mol. The molecule has 3 rings (SSSR count). The second-order valence-electron chi connectivity index (χ2n) is 6.40. The van der Waals surface area contributed by atoms with Crippen molar-refractivity contribution in [3.05, 3.63) is 48.1 Å². The number of thiazole rings is 1. The van der Waals surface area contributed by atoms with Crippen molar-refractivity contribution < 1.29 is 9.53 Å². The van der Waals surface area contributed by atoms with E-state index in [1.54, 1.807) is 36.0 Å². The fraction of sp³-hybridized carbons (Fsp3) is 0.263. The number of carbonyl (C=O) groups excluding carboxylic acids is 1. The van der Waals surface area contributed by atoms with Crippen LogP contribution in [-0.2, 0) is 0 Å². The highest BCUT2D eigenvalue weighted by Crippen LogP contribution is 2.25. The van der Waals surface area contributed by atoms with Gasteiger partial charge in [0.25, 0.3) is 0 Å². The molecule has 2 amide bonds. The minimum absolute atomic E-state index is 0.0202. The molecule has 0 aliphatic carbocycles. The summed E-state index contributed by atoms with van der Waals surface area (Å²) in [7, 11) is 3.96. The Morgan fingerprint density at radius 2 is 1.89 bits per heavy atom. The van der Waals surface area contributed by atoms with Crippen LogP contribution in [0.3, 0.4) is 0 Å². The highest BCUT2D eigenvalue weighted by atomic mass is 32.1. The van der Waals surface area contributed by atoms with Crippen molar-refractivity contribution in [1.82, 2.24) is 19.9 Å². The average molecular weight is 398 g/mol. The molecule has 0 radical (unpaired) electrons. The standard InChI is InChI=1S/C19H22N6O2S/c1-13(11-25(2)3)27-17-6-4-5-15(21-17)23-19(26)24-16-12-28-18(22-16)14-7-9-20-10-8-14/h4-10,12-13H,11H2,1-3H3,(H2,21,23,24,26). The van der Waals surface area contributed by atoms with Gasteiger partial charge in [0, 0.05) is 35.9 Å². The first-order chi connectivity index (χ1) is 13.5. The zero-order valence-electron chi connectivity index (χ0n) is 15.9. The summed E-state index contributed by atoms with van der Waals surface area (Å²) in [5.74, 6) is 1.33. The van der Waals surface area contributed by atoms with Gasteiger partial charge in [0.2, 0.25) is 5.88 Å². The number of urea groups is 1. The largest absolute Gasteiger partial charge is 0.473 e. The number of likely N-dealkylation sites (N-methyl/N-ethyl adjacent to an activating group) is 1. The summed E-state index contributed by atoms with van der Waals surface area (Å²) < 4.78 is 5.78. The molecule has 28 heavy (non-hydrogen) atoms. The first kappa shape index (κ1) is 19.7. The van der Waals surface area contributed by atoms with Crippen molar-refractivity contribution >= 4 is 29.0 Å². The molecule has 0 saturated heterocycles. The number of ether oxygens (including phenoxy) is 1. The van der Waals surface area contributed by atoms with E-state index in [4.69, 9.17) is 4.74 Å². The summed E-state index contributed by atoms with van der Waals surface area (Å²) >= 11 is 1.44. The molecule has 1 atom stereocenters. The first-order valence-corrected chi connectivity index (χ1v) is 9.60. The number of nitrogens with zero attached hydrogens (tertiary/aromatic N) is 4. The predicted octanol–water partition coefficient (Wildman–Crippen LogP) is 3.57. The minimum atomic E-state index is -0.419. The lowest BCUT2D eigenvalue weighted by Gasteiger charge is -2.18. The smallest absolute Gasteiger partial charge is 0.326 e. The van der Waals surface area contributed by atoms with Gasteiger partial charge in [-0.1, -0.05) is 6.07 Å².